The molecule has 2 aromatic heterocycles. The molecule has 0 saturated carbocycles. The Labute approximate surface area is 255 Å². The highest BCUT2D eigenvalue weighted by Crippen LogP contribution is 2.45. The first kappa shape index (κ1) is 35.6. The molecular formula is C26H44N7O10P. The molecule has 1 fully saturated rings. The van der Waals surface area contributed by atoms with Gasteiger partial charge in [-0.1, -0.05) is 40.5 Å². The van der Waals surface area contributed by atoms with Crippen molar-refractivity contribution in [1.29, 1.82) is 0 Å². The number of imidazole rings is 1. The first-order chi connectivity index (χ1) is 20.7. The maximum atomic E-state index is 14.4. The number of ether oxygens (including phenoxy) is 4. The predicted molar refractivity (Wildman–Crippen MR) is 157 cm³/mol. The molecule has 44 heavy (non-hydrogen) atoms. The van der Waals surface area contributed by atoms with E-state index in [0.717, 1.165) is 0 Å². The number of rotatable bonds is 15. The third kappa shape index (κ3) is 7.30. The zero-order valence-electron chi connectivity index (χ0n) is 26.2. The highest BCUT2D eigenvalue weighted by atomic mass is 31.2. The van der Waals surface area contributed by atoms with E-state index >= 15 is 0 Å². The van der Waals surface area contributed by atoms with Crippen LogP contribution < -0.4 is 20.6 Å². The fourth-order valence-electron chi connectivity index (χ4n) is 4.80. The number of anilines is 1. The summed E-state index contributed by atoms with van der Waals surface area (Å²) in [5.74, 6) is -2.08. The molecule has 0 amide bonds. The van der Waals surface area contributed by atoms with Crippen molar-refractivity contribution in [2.75, 3.05) is 33.7 Å². The van der Waals surface area contributed by atoms with Gasteiger partial charge in [0.2, 0.25) is 11.8 Å². The van der Waals surface area contributed by atoms with E-state index < -0.39 is 62.3 Å². The maximum Gasteiger partial charge on any atom is 0.342 e. The van der Waals surface area contributed by atoms with Crippen LogP contribution in [-0.4, -0.2) is 99.5 Å². The van der Waals surface area contributed by atoms with Crippen molar-refractivity contribution < 1.29 is 47.8 Å². The fraction of sp³-hybridized carbons (Fsp3) is 0.731. The van der Waals surface area contributed by atoms with Crippen LogP contribution in [0.3, 0.4) is 0 Å². The van der Waals surface area contributed by atoms with Crippen LogP contribution in [0.15, 0.2) is 6.33 Å². The largest absolute Gasteiger partial charge is 0.479 e. The fourth-order valence-corrected chi connectivity index (χ4v) is 6.84. The number of hydrogen-bond acceptors (Lipinski definition) is 14. The summed E-state index contributed by atoms with van der Waals surface area (Å²) in [6.07, 6.45) is -1.69. The van der Waals surface area contributed by atoms with Crippen LogP contribution in [0.5, 0.6) is 5.88 Å². The number of aliphatic hydroxyl groups excluding tert-OH is 1. The van der Waals surface area contributed by atoms with Crippen molar-refractivity contribution in [1.82, 2.24) is 29.7 Å². The summed E-state index contributed by atoms with van der Waals surface area (Å²) in [6, 6.07) is -2.16. The number of nitrogens with two attached hydrogens (primary N) is 1. The van der Waals surface area contributed by atoms with E-state index in [0.29, 0.717) is 12.8 Å². The molecule has 248 valence electrons. The number of aliphatic hydroxyl groups is 2. The Hall–Kier alpha value is -2.92. The molecule has 8 atom stereocenters. The lowest BCUT2D eigenvalue weighted by molar-refractivity contribution is -0.144. The van der Waals surface area contributed by atoms with Gasteiger partial charge in [0.25, 0.3) is 0 Å². The topological polar surface area (TPSA) is 231 Å². The minimum Gasteiger partial charge on any atom is -0.479 e. The van der Waals surface area contributed by atoms with Crippen molar-refractivity contribution in [3.63, 3.8) is 0 Å². The molecule has 0 bridgehead atoms. The molecule has 0 radical (unpaired) electrons. The summed E-state index contributed by atoms with van der Waals surface area (Å²) >= 11 is 0. The highest BCUT2D eigenvalue weighted by molar-refractivity contribution is 7.54. The standard InChI is InChI=1S/C26H44N7O10P/c1-9-13(3)16(22(35)40-7)31-44(38,32-17(14(4)10-2)23(36)41-8)42-11-15-19(34)26(5,37)24(43-15)33-12-28-18-20(33)29-25(27)30-21(18)39-6/h12-17,19,24,34,37H,9-11H2,1-8H3,(H2,27,29,30)(H2,31,32,38)/t13-,14-,15+,16-,17-,19+,24+,26+/m0/s1. The summed E-state index contributed by atoms with van der Waals surface area (Å²) in [7, 11) is -0.513. The zero-order chi connectivity index (χ0) is 33.0. The van der Waals surface area contributed by atoms with Gasteiger partial charge in [0.15, 0.2) is 17.4 Å². The second kappa shape index (κ2) is 14.5. The molecule has 1 aliphatic heterocycles. The van der Waals surface area contributed by atoms with Gasteiger partial charge in [-0.05, 0) is 18.8 Å². The molecule has 18 heteroatoms. The highest BCUT2D eigenvalue weighted by Gasteiger charge is 2.54. The van der Waals surface area contributed by atoms with Crippen LogP contribution in [0.1, 0.15) is 53.7 Å². The van der Waals surface area contributed by atoms with E-state index in [9.17, 15) is 24.4 Å². The van der Waals surface area contributed by atoms with Crippen LogP contribution >= 0.6 is 7.67 Å². The number of nitrogens with one attached hydrogen (secondary N) is 2. The van der Waals surface area contributed by atoms with E-state index in [1.807, 2.05) is 13.8 Å². The average Bonchev–Trinajstić information content (AvgIpc) is 3.52. The van der Waals surface area contributed by atoms with Crippen molar-refractivity contribution in [2.45, 2.75) is 83.6 Å². The smallest absolute Gasteiger partial charge is 0.342 e. The van der Waals surface area contributed by atoms with Crippen LogP contribution in [-0.2, 0) is 32.9 Å². The quantitative estimate of drug-likeness (QED) is 0.134. The second-order valence-electron chi connectivity index (χ2n) is 11.0. The molecule has 6 N–H and O–H groups in total. The number of hydrogen-bond donors (Lipinski definition) is 5. The van der Waals surface area contributed by atoms with E-state index in [4.69, 9.17) is 29.2 Å². The Kier molecular flexibility index (Phi) is 11.7. The van der Waals surface area contributed by atoms with Crippen LogP contribution in [0.25, 0.3) is 11.2 Å². The van der Waals surface area contributed by atoms with Crippen LogP contribution in [0.4, 0.5) is 5.95 Å². The van der Waals surface area contributed by atoms with E-state index in [1.54, 1.807) is 13.8 Å². The van der Waals surface area contributed by atoms with Gasteiger partial charge >= 0.3 is 19.6 Å². The first-order valence-electron chi connectivity index (χ1n) is 14.2. The van der Waals surface area contributed by atoms with Gasteiger partial charge in [-0.15, -0.1) is 0 Å². The monoisotopic (exact) mass is 645 g/mol. The number of esters is 2. The molecule has 3 rings (SSSR count). The molecule has 2 aromatic rings. The zero-order valence-corrected chi connectivity index (χ0v) is 27.1. The molecule has 0 aliphatic carbocycles. The van der Waals surface area contributed by atoms with Crippen LogP contribution in [0, 0.1) is 11.8 Å². The lowest BCUT2D eigenvalue weighted by atomic mass is 9.96. The average molecular weight is 646 g/mol. The third-order valence-electron chi connectivity index (χ3n) is 7.98. The number of carbonyl (C=O) groups is 2. The summed E-state index contributed by atoms with van der Waals surface area (Å²) in [6.45, 7) is 8.02. The Bertz CT molecular complexity index is 1320. The normalized spacial score (nSPS) is 24.9. The van der Waals surface area contributed by atoms with Crippen molar-refractivity contribution >= 4 is 36.7 Å². The first-order valence-corrected chi connectivity index (χ1v) is 15.9. The predicted octanol–water partition coefficient (Wildman–Crippen LogP) is 0.906. The van der Waals surface area contributed by atoms with Gasteiger partial charge < -0.3 is 39.4 Å². The van der Waals surface area contributed by atoms with Crippen molar-refractivity contribution in [3.8, 4) is 5.88 Å². The maximum absolute atomic E-state index is 14.4. The number of nitrogens with zero attached hydrogens (tertiary/aromatic N) is 4. The number of aromatic nitrogens is 4. The molecule has 1 aliphatic rings. The number of carbonyl (C=O) groups excluding carboxylic acids is 2. The van der Waals surface area contributed by atoms with E-state index in [1.165, 1.54) is 39.1 Å². The summed E-state index contributed by atoms with van der Waals surface area (Å²) < 4.78 is 42.7. The molecule has 17 nitrogen and oxygen atoms in total. The van der Waals surface area contributed by atoms with E-state index in [-0.39, 0.29) is 34.8 Å². The van der Waals surface area contributed by atoms with Gasteiger partial charge in [-0.25, -0.2) is 15.2 Å². The number of nitrogen functional groups attached to an aromatic ring is 1. The summed E-state index contributed by atoms with van der Waals surface area (Å²) in [5.41, 5.74) is 4.32. The van der Waals surface area contributed by atoms with Gasteiger partial charge in [0, 0.05) is 0 Å². The lowest BCUT2D eigenvalue weighted by Crippen LogP contribution is -2.49. The minimum absolute atomic E-state index is 0.102. The SMILES string of the molecule is CC[C@H](C)[C@H](NP(=O)(N[C@H](C(=O)OC)[C@@H](C)CC)OC[C@H]1O[C@@H](n2cnc3c(OC)nc(N)nc32)[C@](C)(O)[C@@H]1O)C(=O)OC. The van der Waals surface area contributed by atoms with Gasteiger partial charge in [0.1, 0.15) is 29.9 Å². The van der Waals surface area contributed by atoms with Gasteiger partial charge in [-0.3, -0.25) is 18.7 Å². The Morgan fingerprint density at radius 3 is 2.14 bits per heavy atom. The molecular weight excluding hydrogens is 601 g/mol. The number of fused-ring (bicyclic) bond motifs is 1. The molecule has 0 unspecified atom stereocenters. The Morgan fingerprint density at radius 2 is 1.66 bits per heavy atom. The van der Waals surface area contributed by atoms with Gasteiger partial charge in [-0.2, -0.15) is 9.97 Å². The Morgan fingerprint density at radius 1 is 1.11 bits per heavy atom. The van der Waals surface area contributed by atoms with Crippen molar-refractivity contribution in [3.05, 3.63) is 6.33 Å². The third-order valence-corrected chi connectivity index (χ3v) is 9.73. The second-order valence-corrected chi connectivity index (χ2v) is 12.9. The van der Waals surface area contributed by atoms with Crippen molar-refractivity contribution in [2.24, 2.45) is 11.8 Å². The molecule has 3 heterocycles. The molecule has 1 saturated heterocycles. The number of methoxy groups -OCH3 is 3. The van der Waals surface area contributed by atoms with Gasteiger partial charge in [0.05, 0.1) is 34.3 Å². The lowest BCUT2D eigenvalue weighted by Gasteiger charge is -2.32. The summed E-state index contributed by atoms with van der Waals surface area (Å²) in [5, 5.41) is 28.0. The molecule has 0 aromatic carbocycles. The molecule has 0 spiro atoms. The van der Waals surface area contributed by atoms with Crippen LogP contribution in [0.2, 0.25) is 0 Å². The Balaban J connectivity index is 1.95. The van der Waals surface area contributed by atoms with E-state index in [2.05, 4.69) is 25.1 Å². The summed E-state index contributed by atoms with van der Waals surface area (Å²) in [4.78, 5) is 37.8. The minimum atomic E-state index is -4.30.